The molecule has 0 aliphatic heterocycles. The minimum atomic E-state index is -0.0208. The summed E-state index contributed by atoms with van der Waals surface area (Å²) in [5, 5.41) is 0. The van der Waals surface area contributed by atoms with Gasteiger partial charge in [0.25, 0.3) is 0 Å². The predicted octanol–water partition coefficient (Wildman–Crippen LogP) is 2.90. The van der Waals surface area contributed by atoms with Crippen molar-refractivity contribution in [3.8, 4) is 17.4 Å². The summed E-state index contributed by atoms with van der Waals surface area (Å²) in [6.07, 6.45) is 1.73. The van der Waals surface area contributed by atoms with Gasteiger partial charge in [0.2, 0.25) is 5.88 Å². The van der Waals surface area contributed by atoms with E-state index in [0.717, 1.165) is 17.1 Å². The lowest BCUT2D eigenvalue weighted by Gasteiger charge is -2.08. The maximum absolute atomic E-state index is 5.75. The Kier molecular flexibility index (Phi) is 3.79. The smallest absolute Gasteiger partial charge is 0.219 e. The van der Waals surface area contributed by atoms with Crippen LogP contribution in [0.25, 0.3) is 0 Å². The maximum atomic E-state index is 5.75. The van der Waals surface area contributed by atoms with Crippen LogP contribution in [0.4, 0.5) is 0 Å². The minimum absolute atomic E-state index is 0.0208. The molecule has 2 rings (SSSR count). The molecule has 1 aromatic carbocycles. The summed E-state index contributed by atoms with van der Waals surface area (Å²) in [6, 6.07) is 11.0. The number of nitrogens with zero attached hydrogens (tertiary/aromatic N) is 1. The Hall–Kier alpha value is -2.07. The predicted molar refractivity (Wildman–Crippen MR) is 69.9 cm³/mol. The Morgan fingerprint density at radius 1 is 1.06 bits per heavy atom. The Bertz CT molecular complexity index is 492. The highest BCUT2D eigenvalue weighted by atomic mass is 16.5. The molecule has 4 heteroatoms. The highest BCUT2D eigenvalue weighted by Crippen LogP contribution is 2.22. The minimum Gasteiger partial charge on any atom is -0.497 e. The Labute approximate surface area is 106 Å². The number of aromatic nitrogens is 1. The first kappa shape index (κ1) is 12.4. The Balaban J connectivity index is 2.08. The third-order valence-corrected chi connectivity index (χ3v) is 2.57. The van der Waals surface area contributed by atoms with Crippen molar-refractivity contribution in [3.05, 3.63) is 48.2 Å². The van der Waals surface area contributed by atoms with Crippen molar-refractivity contribution in [2.75, 3.05) is 7.11 Å². The molecule has 0 aliphatic rings. The molecular weight excluding hydrogens is 228 g/mol. The molecule has 1 atom stereocenters. The normalized spacial score (nSPS) is 11.9. The molecule has 0 aliphatic carbocycles. The van der Waals surface area contributed by atoms with Crippen LogP contribution in [-0.4, -0.2) is 12.1 Å². The average Bonchev–Trinajstić information content (AvgIpc) is 2.40. The first-order valence-electron chi connectivity index (χ1n) is 5.72. The van der Waals surface area contributed by atoms with Gasteiger partial charge in [-0.3, -0.25) is 0 Å². The number of ether oxygens (including phenoxy) is 2. The fourth-order valence-corrected chi connectivity index (χ4v) is 1.49. The lowest BCUT2D eigenvalue weighted by atomic mass is 10.2. The van der Waals surface area contributed by atoms with Gasteiger partial charge in [-0.2, -0.15) is 0 Å². The number of methoxy groups -OCH3 is 1. The Morgan fingerprint density at radius 3 is 2.22 bits per heavy atom. The van der Waals surface area contributed by atoms with Crippen molar-refractivity contribution < 1.29 is 9.47 Å². The molecule has 0 saturated carbocycles. The topological polar surface area (TPSA) is 57.4 Å². The van der Waals surface area contributed by atoms with Crippen molar-refractivity contribution in [2.45, 2.75) is 13.0 Å². The van der Waals surface area contributed by atoms with Gasteiger partial charge in [0, 0.05) is 18.3 Å². The first-order valence-corrected chi connectivity index (χ1v) is 5.72. The fourth-order valence-electron chi connectivity index (χ4n) is 1.49. The van der Waals surface area contributed by atoms with Gasteiger partial charge in [0.1, 0.15) is 11.5 Å². The van der Waals surface area contributed by atoms with Crippen LogP contribution in [0.3, 0.4) is 0 Å². The molecule has 0 spiro atoms. The zero-order valence-electron chi connectivity index (χ0n) is 10.5. The van der Waals surface area contributed by atoms with E-state index in [0.29, 0.717) is 5.88 Å². The van der Waals surface area contributed by atoms with Crippen molar-refractivity contribution in [3.63, 3.8) is 0 Å². The van der Waals surface area contributed by atoms with Gasteiger partial charge in [0.15, 0.2) is 0 Å². The molecule has 0 saturated heterocycles. The molecule has 1 aromatic heterocycles. The van der Waals surface area contributed by atoms with Crippen molar-refractivity contribution in [1.29, 1.82) is 0 Å². The van der Waals surface area contributed by atoms with Gasteiger partial charge < -0.3 is 15.2 Å². The zero-order chi connectivity index (χ0) is 13.0. The lowest BCUT2D eigenvalue weighted by molar-refractivity contribution is 0.412. The summed E-state index contributed by atoms with van der Waals surface area (Å²) in [6.45, 7) is 1.92. The van der Waals surface area contributed by atoms with E-state index in [2.05, 4.69) is 4.98 Å². The Morgan fingerprint density at radius 2 is 1.72 bits per heavy atom. The molecule has 2 aromatic rings. The second kappa shape index (κ2) is 5.51. The van der Waals surface area contributed by atoms with Gasteiger partial charge in [-0.15, -0.1) is 0 Å². The van der Waals surface area contributed by atoms with E-state index in [1.807, 2.05) is 43.3 Å². The highest BCUT2D eigenvalue weighted by molar-refractivity contribution is 5.33. The summed E-state index contributed by atoms with van der Waals surface area (Å²) >= 11 is 0. The fraction of sp³-hybridized carbons (Fsp3) is 0.214. The van der Waals surface area contributed by atoms with Crippen LogP contribution >= 0.6 is 0 Å². The summed E-state index contributed by atoms with van der Waals surface area (Å²) in [5.41, 5.74) is 6.74. The van der Waals surface area contributed by atoms with Crippen molar-refractivity contribution in [2.24, 2.45) is 5.73 Å². The van der Waals surface area contributed by atoms with Crippen molar-refractivity contribution >= 4 is 0 Å². The number of nitrogens with two attached hydrogens (primary N) is 1. The highest BCUT2D eigenvalue weighted by Gasteiger charge is 2.02. The van der Waals surface area contributed by atoms with Crippen LogP contribution in [0, 0.1) is 0 Å². The number of hydrogen-bond donors (Lipinski definition) is 1. The van der Waals surface area contributed by atoms with E-state index in [4.69, 9.17) is 15.2 Å². The largest absolute Gasteiger partial charge is 0.497 e. The molecule has 0 amide bonds. The first-order chi connectivity index (χ1) is 8.69. The monoisotopic (exact) mass is 244 g/mol. The van der Waals surface area contributed by atoms with Crippen LogP contribution in [0.1, 0.15) is 18.5 Å². The van der Waals surface area contributed by atoms with Crippen molar-refractivity contribution in [1.82, 2.24) is 4.98 Å². The van der Waals surface area contributed by atoms with Gasteiger partial charge in [-0.1, -0.05) is 6.07 Å². The zero-order valence-corrected chi connectivity index (χ0v) is 10.5. The lowest BCUT2D eigenvalue weighted by Crippen LogP contribution is -2.05. The molecular formula is C14H16N2O2. The number of rotatable bonds is 4. The SMILES string of the molecule is COc1ccc(Oc2ccc(C(C)N)cn2)cc1. The number of benzene rings is 1. The van der Waals surface area contributed by atoms with E-state index < -0.39 is 0 Å². The molecule has 1 unspecified atom stereocenters. The van der Waals surface area contributed by atoms with Crippen LogP contribution in [-0.2, 0) is 0 Å². The molecule has 18 heavy (non-hydrogen) atoms. The molecule has 2 N–H and O–H groups in total. The quantitative estimate of drug-likeness (QED) is 0.898. The second-order valence-electron chi connectivity index (χ2n) is 4.00. The van der Waals surface area contributed by atoms with Crippen LogP contribution < -0.4 is 15.2 Å². The number of hydrogen-bond acceptors (Lipinski definition) is 4. The average molecular weight is 244 g/mol. The van der Waals surface area contributed by atoms with E-state index in [9.17, 15) is 0 Å². The standard InChI is InChI=1S/C14H16N2O2/c1-10(15)11-3-8-14(16-9-11)18-13-6-4-12(17-2)5-7-13/h3-10H,15H2,1-2H3. The molecule has 1 heterocycles. The maximum Gasteiger partial charge on any atom is 0.219 e. The van der Waals surface area contributed by atoms with E-state index in [1.165, 1.54) is 0 Å². The van der Waals surface area contributed by atoms with E-state index in [-0.39, 0.29) is 6.04 Å². The molecule has 0 bridgehead atoms. The third kappa shape index (κ3) is 2.99. The van der Waals surface area contributed by atoms with Crippen LogP contribution in [0.2, 0.25) is 0 Å². The molecule has 0 fully saturated rings. The van der Waals surface area contributed by atoms with Crippen LogP contribution in [0.15, 0.2) is 42.6 Å². The van der Waals surface area contributed by atoms with Gasteiger partial charge in [0.05, 0.1) is 7.11 Å². The third-order valence-electron chi connectivity index (χ3n) is 2.57. The summed E-state index contributed by atoms with van der Waals surface area (Å²) in [7, 11) is 1.63. The molecule has 4 nitrogen and oxygen atoms in total. The van der Waals surface area contributed by atoms with Gasteiger partial charge in [-0.25, -0.2) is 4.98 Å². The molecule has 94 valence electrons. The number of pyridine rings is 1. The molecule has 0 radical (unpaired) electrons. The van der Waals surface area contributed by atoms with E-state index >= 15 is 0 Å². The van der Waals surface area contributed by atoms with Gasteiger partial charge in [-0.05, 0) is 36.8 Å². The summed E-state index contributed by atoms with van der Waals surface area (Å²) in [5.74, 6) is 2.06. The second-order valence-corrected chi connectivity index (χ2v) is 4.00. The summed E-state index contributed by atoms with van der Waals surface area (Å²) in [4.78, 5) is 4.20. The van der Waals surface area contributed by atoms with E-state index in [1.54, 1.807) is 13.3 Å². The van der Waals surface area contributed by atoms with Crippen LogP contribution in [0.5, 0.6) is 17.4 Å². The summed E-state index contributed by atoms with van der Waals surface area (Å²) < 4.78 is 10.7. The van der Waals surface area contributed by atoms with Gasteiger partial charge >= 0.3 is 0 Å².